The van der Waals surface area contributed by atoms with Crippen molar-refractivity contribution < 1.29 is 0 Å². The zero-order valence-electron chi connectivity index (χ0n) is 13.0. The molecule has 0 saturated carbocycles. The minimum Gasteiger partial charge on any atom is -0.321 e. The summed E-state index contributed by atoms with van der Waals surface area (Å²) in [6.45, 7) is 9.60. The lowest BCUT2D eigenvalue weighted by Crippen LogP contribution is -2.56. The van der Waals surface area contributed by atoms with Crippen LogP contribution in [0.3, 0.4) is 0 Å². The molecule has 0 amide bonds. The Balaban J connectivity index is 1.85. The smallest absolute Gasteiger partial charge is 0.178 e. The fourth-order valence-corrected chi connectivity index (χ4v) is 2.92. The van der Waals surface area contributed by atoms with Gasteiger partial charge in [-0.15, -0.1) is 0 Å². The zero-order valence-corrected chi connectivity index (χ0v) is 13.0. The molecule has 1 aromatic heterocycles. The summed E-state index contributed by atoms with van der Waals surface area (Å²) >= 11 is 0. The van der Waals surface area contributed by atoms with Gasteiger partial charge < -0.3 is 9.47 Å². The maximum absolute atomic E-state index is 4.60. The molecule has 1 unspecified atom stereocenters. The first-order valence-corrected chi connectivity index (χ1v) is 7.56. The molecular formula is C16H23N5. The number of nitrogens with one attached hydrogen (secondary N) is 1. The van der Waals surface area contributed by atoms with Gasteiger partial charge in [0.25, 0.3) is 0 Å². The van der Waals surface area contributed by atoms with Crippen LogP contribution < -0.4 is 5.43 Å². The van der Waals surface area contributed by atoms with Crippen LogP contribution in [0.25, 0.3) is 5.70 Å². The summed E-state index contributed by atoms with van der Waals surface area (Å²) in [6.07, 6.45) is 10.4. The second-order valence-electron chi connectivity index (χ2n) is 5.64. The van der Waals surface area contributed by atoms with Crippen LogP contribution in [0.5, 0.6) is 0 Å². The van der Waals surface area contributed by atoms with Crippen LogP contribution >= 0.6 is 0 Å². The summed E-state index contributed by atoms with van der Waals surface area (Å²) in [4.78, 5) is 4.65. The lowest BCUT2D eigenvalue weighted by Gasteiger charge is -2.39. The van der Waals surface area contributed by atoms with E-state index in [1.807, 2.05) is 24.5 Å². The SMILES string of the molecule is CCN(CC)CC1(C)NN=C2C(n3cccc3)=CC=CN21. The Bertz CT molecular complexity index is 580. The summed E-state index contributed by atoms with van der Waals surface area (Å²) < 4.78 is 2.10. The van der Waals surface area contributed by atoms with Gasteiger partial charge in [0.2, 0.25) is 0 Å². The molecule has 1 aromatic rings. The van der Waals surface area contributed by atoms with E-state index in [1.54, 1.807) is 0 Å². The summed E-state index contributed by atoms with van der Waals surface area (Å²) in [5.74, 6) is 0.975. The Morgan fingerprint density at radius 2 is 1.95 bits per heavy atom. The third-order valence-electron chi connectivity index (χ3n) is 4.19. The van der Waals surface area contributed by atoms with E-state index in [-0.39, 0.29) is 5.66 Å². The van der Waals surface area contributed by atoms with E-state index < -0.39 is 0 Å². The Hall–Kier alpha value is -2.01. The molecule has 0 radical (unpaired) electrons. The van der Waals surface area contributed by atoms with E-state index in [0.29, 0.717) is 0 Å². The minimum atomic E-state index is -0.204. The van der Waals surface area contributed by atoms with Gasteiger partial charge in [-0.2, -0.15) is 5.10 Å². The minimum absolute atomic E-state index is 0.204. The number of allylic oxidation sites excluding steroid dienone is 2. The summed E-state index contributed by atoms with van der Waals surface area (Å²) in [6, 6.07) is 4.06. The molecule has 1 N–H and O–H groups in total. The standard InChI is InChI=1S/C16H23N5/c1-4-19(5-2)13-16(3)18-17-15-14(9-8-12-21(15)16)20-10-6-7-11-20/h6-12,18H,4-5,13H2,1-3H3. The van der Waals surface area contributed by atoms with Crippen molar-refractivity contribution >= 4 is 11.5 Å². The second-order valence-corrected chi connectivity index (χ2v) is 5.64. The third-order valence-corrected chi connectivity index (χ3v) is 4.19. The maximum atomic E-state index is 4.60. The third kappa shape index (κ3) is 2.38. The molecule has 0 aliphatic carbocycles. The largest absolute Gasteiger partial charge is 0.321 e. The van der Waals surface area contributed by atoms with Crippen molar-refractivity contribution in [3.63, 3.8) is 0 Å². The molecule has 5 nitrogen and oxygen atoms in total. The highest BCUT2D eigenvalue weighted by atomic mass is 15.6. The Morgan fingerprint density at radius 1 is 1.24 bits per heavy atom. The van der Waals surface area contributed by atoms with E-state index in [1.165, 1.54) is 0 Å². The van der Waals surface area contributed by atoms with Gasteiger partial charge in [0.15, 0.2) is 5.84 Å². The van der Waals surface area contributed by atoms with E-state index in [2.05, 4.69) is 64.0 Å². The average molecular weight is 285 g/mol. The number of hydrazone groups is 1. The maximum Gasteiger partial charge on any atom is 0.178 e. The molecule has 5 heteroatoms. The van der Waals surface area contributed by atoms with Gasteiger partial charge in [0.1, 0.15) is 5.66 Å². The predicted molar refractivity (Wildman–Crippen MR) is 86.4 cm³/mol. The molecule has 0 spiro atoms. The van der Waals surface area contributed by atoms with Crippen molar-refractivity contribution in [3.05, 3.63) is 42.9 Å². The van der Waals surface area contributed by atoms with Crippen molar-refractivity contribution in [2.75, 3.05) is 19.6 Å². The van der Waals surface area contributed by atoms with Crippen molar-refractivity contribution in [1.29, 1.82) is 0 Å². The van der Waals surface area contributed by atoms with Crippen LogP contribution in [0.2, 0.25) is 0 Å². The van der Waals surface area contributed by atoms with Gasteiger partial charge in [0.05, 0.1) is 5.70 Å². The topological polar surface area (TPSA) is 35.8 Å². The van der Waals surface area contributed by atoms with Gasteiger partial charge in [0, 0.05) is 25.1 Å². The molecule has 21 heavy (non-hydrogen) atoms. The molecular weight excluding hydrogens is 262 g/mol. The molecule has 0 fully saturated rings. The summed E-state index contributed by atoms with van der Waals surface area (Å²) in [7, 11) is 0. The van der Waals surface area contributed by atoms with Crippen molar-refractivity contribution in [2.45, 2.75) is 26.4 Å². The van der Waals surface area contributed by atoms with Crippen LogP contribution in [-0.4, -0.2) is 45.5 Å². The van der Waals surface area contributed by atoms with Gasteiger partial charge >= 0.3 is 0 Å². The quantitative estimate of drug-likeness (QED) is 0.900. The molecule has 0 aromatic carbocycles. The molecule has 0 bridgehead atoms. The fourth-order valence-electron chi connectivity index (χ4n) is 2.92. The van der Waals surface area contributed by atoms with E-state index in [9.17, 15) is 0 Å². The molecule has 2 aliphatic heterocycles. The van der Waals surface area contributed by atoms with E-state index in [0.717, 1.165) is 31.2 Å². The highest BCUT2D eigenvalue weighted by Gasteiger charge is 2.41. The van der Waals surface area contributed by atoms with Gasteiger partial charge in [-0.25, -0.2) is 0 Å². The Labute approximate surface area is 126 Å². The number of fused-ring (bicyclic) bond motifs is 1. The van der Waals surface area contributed by atoms with Gasteiger partial charge in [-0.3, -0.25) is 10.3 Å². The molecule has 3 rings (SSSR count). The molecule has 112 valence electrons. The van der Waals surface area contributed by atoms with Crippen LogP contribution in [-0.2, 0) is 0 Å². The summed E-state index contributed by atoms with van der Waals surface area (Å²) in [5.41, 5.74) is 4.22. The van der Waals surface area contributed by atoms with E-state index in [4.69, 9.17) is 0 Å². The van der Waals surface area contributed by atoms with E-state index >= 15 is 0 Å². The number of likely N-dealkylation sites (N-methyl/N-ethyl adjacent to an activating group) is 1. The van der Waals surface area contributed by atoms with Gasteiger partial charge in [-0.05, 0) is 44.3 Å². The fraction of sp³-hybridized carbons (Fsp3) is 0.438. The normalized spacial score (nSPS) is 23.9. The summed E-state index contributed by atoms with van der Waals surface area (Å²) in [5, 5.41) is 4.60. The van der Waals surface area contributed by atoms with Crippen LogP contribution in [0.4, 0.5) is 0 Å². The molecule has 2 aliphatic rings. The Kier molecular flexibility index (Phi) is 3.59. The van der Waals surface area contributed by atoms with Crippen molar-refractivity contribution in [3.8, 4) is 0 Å². The van der Waals surface area contributed by atoms with Crippen molar-refractivity contribution in [2.24, 2.45) is 5.10 Å². The van der Waals surface area contributed by atoms with Gasteiger partial charge in [-0.1, -0.05) is 13.8 Å². The van der Waals surface area contributed by atoms with Crippen LogP contribution in [0, 0.1) is 0 Å². The average Bonchev–Trinajstić information content (AvgIpc) is 3.14. The zero-order chi connectivity index (χ0) is 14.9. The number of nitrogens with zero attached hydrogens (tertiary/aromatic N) is 4. The first-order chi connectivity index (χ1) is 10.2. The number of rotatable bonds is 5. The number of hydrogen-bond acceptors (Lipinski definition) is 4. The number of aromatic nitrogens is 1. The molecule has 0 saturated heterocycles. The Morgan fingerprint density at radius 3 is 2.62 bits per heavy atom. The highest BCUT2D eigenvalue weighted by molar-refractivity contribution is 6.19. The second kappa shape index (κ2) is 5.41. The van der Waals surface area contributed by atoms with Crippen molar-refractivity contribution in [1.82, 2.24) is 19.8 Å². The van der Waals surface area contributed by atoms with Crippen LogP contribution in [0.1, 0.15) is 20.8 Å². The first kappa shape index (κ1) is 13.9. The molecule has 1 atom stereocenters. The highest BCUT2D eigenvalue weighted by Crippen LogP contribution is 2.28. The monoisotopic (exact) mass is 285 g/mol. The molecule has 3 heterocycles. The predicted octanol–water partition coefficient (Wildman–Crippen LogP) is 2.13. The lowest BCUT2D eigenvalue weighted by molar-refractivity contribution is 0.140. The first-order valence-electron chi connectivity index (χ1n) is 7.56. The number of hydrogen-bond donors (Lipinski definition) is 1. The van der Waals surface area contributed by atoms with Crippen LogP contribution in [0.15, 0.2) is 48.0 Å². The lowest BCUT2D eigenvalue weighted by atomic mass is 10.1. The number of amidine groups is 1.